The topological polar surface area (TPSA) is 29.5 Å². The lowest BCUT2D eigenvalue weighted by molar-refractivity contribution is 0.138. The maximum Gasteiger partial charge on any atom is 0.165 e. The van der Waals surface area contributed by atoms with E-state index in [0.29, 0.717) is 4.90 Å². The van der Waals surface area contributed by atoms with Crippen LogP contribution in [0.15, 0.2) is 35.2 Å². The minimum absolute atomic E-state index is 0.00518. The Morgan fingerprint density at radius 1 is 1.00 bits per heavy atom. The van der Waals surface area contributed by atoms with E-state index in [2.05, 4.69) is 0 Å². The van der Waals surface area contributed by atoms with Crippen molar-refractivity contribution in [1.82, 2.24) is 0 Å². The zero-order chi connectivity index (χ0) is 16.6. The molecule has 0 amide bonds. The van der Waals surface area contributed by atoms with E-state index in [0.717, 1.165) is 36.0 Å². The largest absolute Gasteiger partial charge is 0.490 e. The molecule has 1 heterocycles. The van der Waals surface area contributed by atoms with Crippen molar-refractivity contribution in [2.45, 2.75) is 10.1 Å². The third-order valence-electron chi connectivity index (χ3n) is 3.64. The third kappa shape index (κ3) is 3.03. The van der Waals surface area contributed by atoms with E-state index < -0.39 is 34.4 Å². The van der Waals surface area contributed by atoms with Crippen LogP contribution in [-0.4, -0.2) is 18.3 Å². The second-order valence-electron chi connectivity index (χ2n) is 5.14. The Labute approximate surface area is 134 Å². The van der Waals surface area contributed by atoms with Crippen LogP contribution in [0.3, 0.4) is 0 Å². The monoisotopic (exact) mass is 344 g/mol. The molecule has 0 radical (unpaired) electrons. The summed E-state index contributed by atoms with van der Waals surface area (Å²) in [6.45, 7) is -0.304. The number of benzene rings is 2. The Balaban J connectivity index is 2.02. The Hall–Kier alpha value is -1.73. The molecule has 0 aromatic heterocycles. The number of fused-ring (bicyclic) bond motifs is 1. The van der Waals surface area contributed by atoms with Gasteiger partial charge in [0.2, 0.25) is 0 Å². The van der Waals surface area contributed by atoms with Crippen molar-refractivity contribution < 1.29 is 27.4 Å². The number of aliphatic hydroxyl groups is 1. The predicted octanol–water partition coefficient (Wildman–Crippen LogP) is 4.08. The molecule has 1 aliphatic heterocycles. The Morgan fingerprint density at radius 3 is 2.39 bits per heavy atom. The minimum Gasteiger partial charge on any atom is -0.490 e. The van der Waals surface area contributed by atoms with Crippen molar-refractivity contribution >= 4 is 11.8 Å². The standard InChI is InChI=1S/C16H12F4O2S/c17-10-2-1-9(5-13(10)20)23-16-8(6-21)7-22-15-12(19)4-3-11(18)14(15)16/h1-5,8,16,21H,6-7H2/t8-,16+/m1/s1. The molecule has 2 aromatic carbocycles. The molecule has 2 nitrogen and oxygen atoms in total. The van der Waals surface area contributed by atoms with Crippen molar-refractivity contribution in [3.63, 3.8) is 0 Å². The number of thioether (sulfide) groups is 1. The Kier molecular flexibility index (Phi) is 4.50. The van der Waals surface area contributed by atoms with Crippen LogP contribution in [0.4, 0.5) is 17.6 Å². The van der Waals surface area contributed by atoms with E-state index >= 15 is 0 Å². The lowest BCUT2D eigenvalue weighted by atomic mass is 9.96. The molecule has 0 saturated heterocycles. The fraction of sp³-hybridized carbons (Fsp3) is 0.250. The van der Waals surface area contributed by atoms with Crippen molar-refractivity contribution in [2.75, 3.05) is 13.2 Å². The van der Waals surface area contributed by atoms with Gasteiger partial charge in [-0.05, 0) is 30.3 Å². The highest BCUT2D eigenvalue weighted by Crippen LogP contribution is 2.49. The van der Waals surface area contributed by atoms with Gasteiger partial charge in [0.1, 0.15) is 5.82 Å². The van der Waals surface area contributed by atoms with E-state index in [9.17, 15) is 22.7 Å². The fourth-order valence-electron chi connectivity index (χ4n) is 2.47. The highest BCUT2D eigenvalue weighted by molar-refractivity contribution is 7.99. The first kappa shape index (κ1) is 16.1. The van der Waals surface area contributed by atoms with E-state index in [-0.39, 0.29) is 24.5 Å². The van der Waals surface area contributed by atoms with Gasteiger partial charge in [-0.1, -0.05) is 0 Å². The molecule has 1 aliphatic rings. The molecule has 23 heavy (non-hydrogen) atoms. The predicted molar refractivity (Wildman–Crippen MR) is 77.4 cm³/mol. The van der Waals surface area contributed by atoms with Crippen LogP contribution in [0.25, 0.3) is 0 Å². The van der Waals surface area contributed by atoms with E-state index in [4.69, 9.17) is 4.74 Å². The van der Waals surface area contributed by atoms with Crippen LogP contribution >= 0.6 is 11.8 Å². The molecule has 122 valence electrons. The normalized spacial score (nSPS) is 20.0. The lowest BCUT2D eigenvalue weighted by Crippen LogP contribution is -2.28. The SMILES string of the molecule is OC[C@@H]1COc2c(F)ccc(F)c2[C@H]1Sc1ccc(F)c(F)c1. The average Bonchev–Trinajstić information content (AvgIpc) is 2.54. The molecule has 0 aliphatic carbocycles. The smallest absolute Gasteiger partial charge is 0.165 e. The molecule has 2 aromatic rings. The van der Waals surface area contributed by atoms with E-state index in [1.165, 1.54) is 6.07 Å². The van der Waals surface area contributed by atoms with Gasteiger partial charge in [-0.2, -0.15) is 0 Å². The highest BCUT2D eigenvalue weighted by atomic mass is 32.2. The maximum absolute atomic E-state index is 14.2. The van der Waals surface area contributed by atoms with Gasteiger partial charge in [0.05, 0.1) is 13.2 Å². The lowest BCUT2D eigenvalue weighted by Gasteiger charge is -2.32. The zero-order valence-corrected chi connectivity index (χ0v) is 12.5. The summed E-state index contributed by atoms with van der Waals surface area (Å²) < 4.78 is 59.6. The molecule has 1 N–H and O–H groups in total. The molecule has 0 saturated carbocycles. The summed E-state index contributed by atoms with van der Waals surface area (Å²) in [5.74, 6) is -4.08. The molecule has 7 heteroatoms. The Morgan fingerprint density at radius 2 is 1.70 bits per heavy atom. The number of hydrogen-bond acceptors (Lipinski definition) is 3. The molecule has 2 atom stereocenters. The first-order valence-electron chi connectivity index (χ1n) is 6.84. The summed E-state index contributed by atoms with van der Waals surface area (Å²) in [5, 5.41) is 8.80. The van der Waals surface area contributed by atoms with Crippen molar-refractivity contribution in [1.29, 1.82) is 0 Å². The fourth-order valence-corrected chi connectivity index (χ4v) is 3.78. The van der Waals surface area contributed by atoms with Gasteiger partial charge in [0, 0.05) is 21.6 Å². The summed E-state index contributed by atoms with van der Waals surface area (Å²) in [4.78, 5) is 0.351. The van der Waals surface area contributed by atoms with Gasteiger partial charge in [-0.15, -0.1) is 11.8 Å². The highest BCUT2D eigenvalue weighted by Gasteiger charge is 2.35. The van der Waals surface area contributed by atoms with Crippen LogP contribution in [0, 0.1) is 29.2 Å². The van der Waals surface area contributed by atoms with Crippen molar-refractivity contribution in [3.8, 4) is 5.75 Å². The molecule has 3 rings (SSSR count). The van der Waals surface area contributed by atoms with Gasteiger partial charge in [-0.25, -0.2) is 17.6 Å². The van der Waals surface area contributed by atoms with Crippen LogP contribution in [0.2, 0.25) is 0 Å². The summed E-state index contributed by atoms with van der Waals surface area (Å²) in [7, 11) is 0. The second kappa shape index (κ2) is 6.41. The van der Waals surface area contributed by atoms with Gasteiger partial charge in [0.25, 0.3) is 0 Å². The summed E-state index contributed by atoms with van der Waals surface area (Å²) in [6.07, 6.45) is 0. The van der Waals surface area contributed by atoms with Gasteiger partial charge >= 0.3 is 0 Å². The molecule has 0 fully saturated rings. The van der Waals surface area contributed by atoms with Crippen LogP contribution in [0.5, 0.6) is 5.75 Å². The second-order valence-corrected chi connectivity index (χ2v) is 6.36. The number of hydrogen-bond donors (Lipinski definition) is 1. The first-order chi connectivity index (χ1) is 11.0. The molecular weight excluding hydrogens is 332 g/mol. The quantitative estimate of drug-likeness (QED) is 0.851. The number of halogens is 4. The van der Waals surface area contributed by atoms with Gasteiger partial charge in [-0.3, -0.25) is 0 Å². The minimum atomic E-state index is -1.03. The summed E-state index contributed by atoms with van der Waals surface area (Å²) in [6, 6.07) is 5.25. The third-order valence-corrected chi connectivity index (χ3v) is 5.04. The van der Waals surface area contributed by atoms with Crippen LogP contribution in [-0.2, 0) is 0 Å². The van der Waals surface area contributed by atoms with Crippen LogP contribution < -0.4 is 4.74 Å². The molecular formula is C16H12F4O2S. The number of rotatable bonds is 3. The van der Waals surface area contributed by atoms with Gasteiger partial charge in [0.15, 0.2) is 23.2 Å². The van der Waals surface area contributed by atoms with E-state index in [1.54, 1.807) is 0 Å². The van der Waals surface area contributed by atoms with Crippen LogP contribution in [0.1, 0.15) is 10.8 Å². The first-order valence-corrected chi connectivity index (χ1v) is 7.72. The Bertz CT molecular complexity index is 738. The number of ether oxygens (including phenoxy) is 1. The number of aliphatic hydroxyl groups excluding tert-OH is 1. The molecule has 0 unspecified atom stereocenters. The summed E-state index contributed by atoms with van der Waals surface area (Å²) in [5.41, 5.74) is -0.00923. The zero-order valence-electron chi connectivity index (χ0n) is 11.7. The average molecular weight is 344 g/mol. The molecule has 0 bridgehead atoms. The van der Waals surface area contributed by atoms with Crippen molar-refractivity contribution in [2.24, 2.45) is 5.92 Å². The summed E-state index contributed by atoms with van der Waals surface area (Å²) >= 11 is 1.03. The molecule has 0 spiro atoms. The van der Waals surface area contributed by atoms with Gasteiger partial charge < -0.3 is 9.84 Å². The van der Waals surface area contributed by atoms with Crippen molar-refractivity contribution in [3.05, 3.63) is 59.2 Å². The maximum atomic E-state index is 14.2. The van der Waals surface area contributed by atoms with E-state index in [1.807, 2.05) is 0 Å².